The molecule has 1 amide bonds. The third-order valence-corrected chi connectivity index (χ3v) is 5.34. The third-order valence-electron chi connectivity index (χ3n) is 5.34. The summed E-state index contributed by atoms with van der Waals surface area (Å²) < 4.78 is 0. The minimum absolute atomic E-state index is 0.161. The molecule has 2 aliphatic heterocycles. The van der Waals surface area contributed by atoms with Gasteiger partial charge in [0.15, 0.2) is 0 Å². The average Bonchev–Trinajstić information content (AvgIpc) is 3.15. The van der Waals surface area contributed by atoms with Crippen LogP contribution in [0.5, 0.6) is 0 Å². The number of carbonyl (C=O) groups excluding carboxylic acids is 1. The molecule has 0 bridgehead atoms. The molecule has 1 aromatic carbocycles. The van der Waals surface area contributed by atoms with Crippen LogP contribution < -0.4 is 5.32 Å². The summed E-state index contributed by atoms with van der Waals surface area (Å²) in [7, 11) is 0. The van der Waals surface area contributed by atoms with Crippen molar-refractivity contribution in [1.82, 2.24) is 15.2 Å². The number of likely N-dealkylation sites (tertiary alicyclic amines) is 1. The lowest BCUT2D eigenvalue weighted by molar-refractivity contribution is 0.0674. The second kappa shape index (κ2) is 6.28. The standard InChI is InChI=1S/C19H23N3O/c23-19(16-5-6-18-15(13-16)3-1-9-21-18)22-11-7-14(8-12-22)17-4-2-10-20-17/h1,3,5-6,9,13-14,17,20H,2,4,7-8,10-12H2. The van der Waals surface area contributed by atoms with Gasteiger partial charge in [-0.1, -0.05) is 6.07 Å². The van der Waals surface area contributed by atoms with Crippen LogP contribution in [0.1, 0.15) is 36.0 Å². The van der Waals surface area contributed by atoms with Gasteiger partial charge < -0.3 is 10.2 Å². The first-order valence-corrected chi connectivity index (χ1v) is 8.69. The Hall–Kier alpha value is -1.94. The Kier molecular flexibility index (Phi) is 4.00. The normalized spacial score (nSPS) is 22.6. The van der Waals surface area contributed by atoms with E-state index in [1.807, 2.05) is 35.2 Å². The van der Waals surface area contributed by atoms with E-state index in [1.165, 1.54) is 12.8 Å². The monoisotopic (exact) mass is 309 g/mol. The van der Waals surface area contributed by atoms with Gasteiger partial charge in [0.25, 0.3) is 5.91 Å². The summed E-state index contributed by atoms with van der Waals surface area (Å²) in [5, 5.41) is 4.64. The van der Waals surface area contributed by atoms with Gasteiger partial charge in [-0.15, -0.1) is 0 Å². The van der Waals surface area contributed by atoms with Crippen molar-refractivity contribution in [2.24, 2.45) is 5.92 Å². The molecular formula is C19H23N3O. The fourth-order valence-electron chi connectivity index (χ4n) is 4.01. The van der Waals surface area contributed by atoms with Gasteiger partial charge in [-0.2, -0.15) is 0 Å². The fourth-order valence-corrected chi connectivity index (χ4v) is 4.01. The molecule has 3 heterocycles. The average molecular weight is 309 g/mol. The molecule has 0 radical (unpaired) electrons. The third kappa shape index (κ3) is 2.95. The molecule has 2 saturated heterocycles. The SMILES string of the molecule is O=C(c1ccc2ncccc2c1)N1CCC(C2CCCN2)CC1. The number of fused-ring (bicyclic) bond motifs is 1. The van der Waals surface area contributed by atoms with E-state index in [0.29, 0.717) is 6.04 Å². The molecule has 1 atom stereocenters. The van der Waals surface area contributed by atoms with Gasteiger partial charge in [0, 0.05) is 36.3 Å². The molecule has 2 fully saturated rings. The Morgan fingerprint density at radius 2 is 2.04 bits per heavy atom. The zero-order valence-electron chi connectivity index (χ0n) is 13.4. The van der Waals surface area contributed by atoms with Crippen LogP contribution in [0, 0.1) is 5.92 Å². The molecule has 1 N–H and O–H groups in total. The lowest BCUT2D eigenvalue weighted by atomic mass is 9.88. The van der Waals surface area contributed by atoms with E-state index >= 15 is 0 Å². The molecule has 0 aliphatic carbocycles. The van der Waals surface area contributed by atoms with Gasteiger partial charge >= 0.3 is 0 Å². The molecule has 4 heteroatoms. The smallest absolute Gasteiger partial charge is 0.253 e. The van der Waals surface area contributed by atoms with Crippen LogP contribution in [0.3, 0.4) is 0 Å². The Balaban J connectivity index is 1.44. The number of aromatic nitrogens is 1. The van der Waals surface area contributed by atoms with Crippen LogP contribution in [0.4, 0.5) is 0 Å². The largest absolute Gasteiger partial charge is 0.339 e. The van der Waals surface area contributed by atoms with Gasteiger partial charge in [-0.25, -0.2) is 0 Å². The minimum atomic E-state index is 0.161. The minimum Gasteiger partial charge on any atom is -0.339 e. The molecule has 4 rings (SSSR count). The fraction of sp³-hybridized carbons (Fsp3) is 0.474. The second-order valence-corrected chi connectivity index (χ2v) is 6.74. The maximum atomic E-state index is 12.8. The number of nitrogens with zero attached hydrogens (tertiary/aromatic N) is 2. The molecule has 1 aromatic heterocycles. The van der Waals surface area contributed by atoms with Crippen molar-refractivity contribution >= 4 is 16.8 Å². The van der Waals surface area contributed by atoms with Crippen molar-refractivity contribution in [3.63, 3.8) is 0 Å². The van der Waals surface area contributed by atoms with E-state index < -0.39 is 0 Å². The first kappa shape index (κ1) is 14.6. The highest BCUT2D eigenvalue weighted by Gasteiger charge is 2.30. The number of piperidine rings is 1. The summed E-state index contributed by atoms with van der Waals surface area (Å²) in [6.45, 7) is 2.93. The van der Waals surface area contributed by atoms with Crippen molar-refractivity contribution in [2.75, 3.05) is 19.6 Å². The van der Waals surface area contributed by atoms with Crippen LogP contribution in [-0.2, 0) is 0 Å². The summed E-state index contributed by atoms with van der Waals surface area (Å²) in [5.74, 6) is 0.899. The molecular weight excluding hydrogens is 286 g/mol. The lowest BCUT2D eigenvalue weighted by Gasteiger charge is -2.35. The van der Waals surface area contributed by atoms with Gasteiger partial charge in [-0.3, -0.25) is 9.78 Å². The molecule has 0 spiro atoms. The summed E-state index contributed by atoms with van der Waals surface area (Å²) in [6, 6.07) is 10.4. The van der Waals surface area contributed by atoms with Crippen LogP contribution in [0.25, 0.3) is 10.9 Å². The Labute approximate surface area is 136 Å². The summed E-state index contributed by atoms with van der Waals surface area (Å²) in [4.78, 5) is 19.1. The number of rotatable bonds is 2. The van der Waals surface area contributed by atoms with Crippen LogP contribution in [0.15, 0.2) is 36.5 Å². The summed E-state index contributed by atoms with van der Waals surface area (Å²) in [6.07, 6.45) is 6.63. The van der Waals surface area contributed by atoms with Gasteiger partial charge in [0.2, 0.25) is 0 Å². The second-order valence-electron chi connectivity index (χ2n) is 6.74. The number of hydrogen-bond acceptors (Lipinski definition) is 3. The first-order valence-electron chi connectivity index (χ1n) is 8.69. The Bertz CT molecular complexity index is 701. The first-order chi connectivity index (χ1) is 11.3. The highest BCUT2D eigenvalue weighted by Crippen LogP contribution is 2.26. The maximum absolute atomic E-state index is 12.8. The topological polar surface area (TPSA) is 45.2 Å². The van der Waals surface area contributed by atoms with Crippen LogP contribution in [0.2, 0.25) is 0 Å². The molecule has 120 valence electrons. The van der Waals surface area contributed by atoms with E-state index in [-0.39, 0.29) is 5.91 Å². The summed E-state index contributed by atoms with van der Waals surface area (Å²) >= 11 is 0. The van der Waals surface area contributed by atoms with E-state index in [2.05, 4.69) is 10.3 Å². The predicted molar refractivity (Wildman–Crippen MR) is 91.4 cm³/mol. The van der Waals surface area contributed by atoms with Crippen LogP contribution >= 0.6 is 0 Å². The van der Waals surface area contributed by atoms with Crippen molar-refractivity contribution in [2.45, 2.75) is 31.7 Å². The van der Waals surface area contributed by atoms with Crippen molar-refractivity contribution in [3.05, 3.63) is 42.1 Å². The zero-order valence-corrected chi connectivity index (χ0v) is 13.4. The molecule has 2 aliphatic rings. The molecule has 2 aromatic rings. The van der Waals surface area contributed by atoms with Crippen LogP contribution in [-0.4, -0.2) is 41.5 Å². The highest BCUT2D eigenvalue weighted by atomic mass is 16.2. The zero-order chi connectivity index (χ0) is 15.6. The van der Waals surface area contributed by atoms with Crippen molar-refractivity contribution < 1.29 is 4.79 Å². The Morgan fingerprint density at radius 1 is 1.17 bits per heavy atom. The predicted octanol–water partition coefficient (Wildman–Crippen LogP) is 2.84. The number of carbonyl (C=O) groups is 1. The molecule has 23 heavy (non-hydrogen) atoms. The van der Waals surface area contributed by atoms with Gasteiger partial charge in [-0.05, 0) is 62.4 Å². The number of hydrogen-bond donors (Lipinski definition) is 1. The number of pyridine rings is 1. The lowest BCUT2D eigenvalue weighted by Crippen LogP contribution is -2.43. The van der Waals surface area contributed by atoms with Crippen molar-refractivity contribution in [1.29, 1.82) is 0 Å². The summed E-state index contributed by atoms with van der Waals surface area (Å²) in [5.41, 5.74) is 1.72. The quantitative estimate of drug-likeness (QED) is 0.928. The van der Waals surface area contributed by atoms with Crippen molar-refractivity contribution in [3.8, 4) is 0 Å². The van der Waals surface area contributed by atoms with Gasteiger partial charge in [0.1, 0.15) is 0 Å². The Morgan fingerprint density at radius 3 is 2.83 bits per heavy atom. The highest BCUT2D eigenvalue weighted by molar-refractivity contribution is 5.97. The number of nitrogens with one attached hydrogen (secondary N) is 1. The number of benzene rings is 1. The molecule has 1 unspecified atom stereocenters. The van der Waals surface area contributed by atoms with E-state index in [4.69, 9.17) is 0 Å². The molecule has 0 saturated carbocycles. The van der Waals surface area contributed by atoms with E-state index in [0.717, 1.165) is 54.9 Å². The van der Waals surface area contributed by atoms with E-state index in [1.54, 1.807) is 6.20 Å². The van der Waals surface area contributed by atoms with Gasteiger partial charge in [0.05, 0.1) is 5.52 Å². The van der Waals surface area contributed by atoms with E-state index in [9.17, 15) is 4.79 Å². The number of amides is 1. The molecule has 4 nitrogen and oxygen atoms in total. The maximum Gasteiger partial charge on any atom is 0.253 e.